The molecule has 0 fully saturated rings. The normalized spacial score (nSPS) is 13.2. The minimum atomic E-state index is -1.31. The lowest BCUT2D eigenvalue weighted by molar-refractivity contribution is -0.147. The van der Waals surface area contributed by atoms with Gasteiger partial charge in [0.1, 0.15) is 0 Å². The Morgan fingerprint density at radius 3 is 2.31 bits per heavy atom. The van der Waals surface area contributed by atoms with Crippen LogP contribution in [0.4, 0.5) is 0 Å². The Kier molecular flexibility index (Phi) is 9.09. The first-order valence-corrected chi connectivity index (χ1v) is 9.03. The van der Waals surface area contributed by atoms with Crippen LogP contribution in [0.25, 0.3) is 0 Å². The molecule has 0 N–H and O–H groups in total. The number of hydrogen-bond donors (Lipinski definition) is 0. The number of carbonyl (C=O) groups excluding carboxylic acids is 3. The summed E-state index contributed by atoms with van der Waals surface area (Å²) in [6.07, 6.45) is 0.982. The highest BCUT2D eigenvalue weighted by Gasteiger charge is 2.38. The second-order valence-electron chi connectivity index (χ2n) is 4.92. The Morgan fingerprint density at radius 2 is 1.81 bits per heavy atom. The zero-order valence-electron chi connectivity index (χ0n) is 14.9. The first-order valence-electron chi connectivity index (χ1n) is 8.15. The second kappa shape index (κ2) is 11.1. The van der Waals surface area contributed by atoms with Gasteiger partial charge in [-0.3, -0.25) is 4.79 Å². The van der Waals surface area contributed by atoms with Gasteiger partial charge in [-0.05, 0) is 32.2 Å². The summed E-state index contributed by atoms with van der Waals surface area (Å²) in [4.78, 5) is 37.2. The fraction of sp³-hybridized carbons (Fsp3) is 0.444. The van der Waals surface area contributed by atoms with E-state index in [1.807, 2.05) is 6.07 Å². The highest BCUT2D eigenvalue weighted by Crippen LogP contribution is 2.36. The fourth-order valence-electron chi connectivity index (χ4n) is 2.26. The standard InChI is InChI=1S/C18H21NO6S/c1-4-23-15(20)10-12(17(21)24-5-2)16(14-8-7-9-26-14)13(11-19)18(22)25-6-3/h7-10,13,16H,4-6H2,1-3H3/b12-10+. The zero-order valence-corrected chi connectivity index (χ0v) is 15.7. The van der Waals surface area contributed by atoms with Crippen molar-refractivity contribution in [3.8, 4) is 6.07 Å². The molecular weight excluding hydrogens is 358 g/mol. The monoisotopic (exact) mass is 379 g/mol. The Morgan fingerprint density at radius 1 is 1.15 bits per heavy atom. The van der Waals surface area contributed by atoms with Crippen LogP contribution < -0.4 is 0 Å². The predicted octanol–water partition coefficient (Wildman–Crippen LogP) is 2.59. The molecule has 2 atom stereocenters. The van der Waals surface area contributed by atoms with E-state index in [0.29, 0.717) is 4.88 Å². The summed E-state index contributed by atoms with van der Waals surface area (Å²) < 4.78 is 14.9. The molecule has 26 heavy (non-hydrogen) atoms. The number of esters is 3. The van der Waals surface area contributed by atoms with Crippen molar-refractivity contribution in [3.05, 3.63) is 34.0 Å². The summed E-state index contributed by atoms with van der Waals surface area (Å²) in [7, 11) is 0. The molecule has 0 aromatic carbocycles. The van der Waals surface area contributed by atoms with Crippen LogP contribution in [-0.4, -0.2) is 37.7 Å². The summed E-state index contributed by atoms with van der Waals surface area (Å²) >= 11 is 1.25. The van der Waals surface area contributed by atoms with Gasteiger partial charge in [0.15, 0.2) is 5.92 Å². The molecule has 0 amide bonds. The Hall–Kier alpha value is -2.66. The molecule has 0 radical (unpaired) electrons. The Bertz CT molecular complexity index is 689. The highest BCUT2D eigenvalue weighted by atomic mass is 32.1. The first kappa shape index (κ1) is 21.4. The summed E-state index contributed by atoms with van der Waals surface area (Å²) in [6, 6.07) is 5.29. The SMILES string of the molecule is CCOC(=O)/C=C(/C(=O)OCC)C(c1cccs1)C(C#N)C(=O)OCC. The molecule has 0 aliphatic carbocycles. The van der Waals surface area contributed by atoms with E-state index in [1.54, 1.807) is 38.3 Å². The predicted molar refractivity (Wildman–Crippen MR) is 94.1 cm³/mol. The maximum Gasteiger partial charge on any atom is 0.334 e. The number of ether oxygens (including phenoxy) is 3. The second-order valence-corrected chi connectivity index (χ2v) is 5.90. The van der Waals surface area contributed by atoms with Gasteiger partial charge in [0.2, 0.25) is 0 Å². The van der Waals surface area contributed by atoms with E-state index < -0.39 is 29.7 Å². The molecule has 1 heterocycles. The minimum Gasteiger partial charge on any atom is -0.465 e. The maximum atomic E-state index is 12.5. The van der Waals surface area contributed by atoms with Gasteiger partial charge >= 0.3 is 17.9 Å². The molecule has 1 aromatic rings. The van der Waals surface area contributed by atoms with Gasteiger partial charge in [0, 0.05) is 11.0 Å². The lowest BCUT2D eigenvalue weighted by Gasteiger charge is -2.21. The number of rotatable bonds is 9. The van der Waals surface area contributed by atoms with Crippen molar-refractivity contribution in [1.82, 2.24) is 0 Å². The molecule has 7 nitrogen and oxygen atoms in total. The van der Waals surface area contributed by atoms with Crippen LogP contribution in [-0.2, 0) is 28.6 Å². The van der Waals surface area contributed by atoms with Crippen molar-refractivity contribution in [2.45, 2.75) is 26.7 Å². The van der Waals surface area contributed by atoms with Gasteiger partial charge in [-0.1, -0.05) is 6.07 Å². The van der Waals surface area contributed by atoms with Crippen molar-refractivity contribution in [1.29, 1.82) is 5.26 Å². The van der Waals surface area contributed by atoms with E-state index in [2.05, 4.69) is 0 Å². The average Bonchev–Trinajstić information content (AvgIpc) is 3.12. The van der Waals surface area contributed by atoms with Crippen molar-refractivity contribution >= 4 is 29.2 Å². The van der Waals surface area contributed by atoms with Crippen molar-refractivity contribution in [2.75, 3.05) is 19.8 Å². The van der Waals surface area contributed by atoms with E-state index in [1.165, 1.54) is 11.3 Å². The van der Waals surface area contributed by atoms with Crippen LogP contribution in [0.2, 0.25) is 0 Å². The minimum absolute atomic E-state index is 0.0762. The molecule has 2 unspecified atom stereocenters. The molecule has 8 heteroatoms. The fourth-order valence-corrected chi connectivity index (χ4v) is 3.14. The third-order valence-electron chi connectivity index (χ3n) is 3.27. The summed E-state index contributed by atoms with van der Waals surface area (Å²) in [5.41, 5.74) is -0.118. The zero-order chi connectivity index (χ0) is 19.5. The molecular formula is C18H21NO6S. The molecule has 1 aromatic heterocycles. The molecule has 0 saturated carbocycles. The average molecular weight is 379 g/mol. The van der Waals surface area contributed by atoms with Gasteiger partial charge in [0.05, 0.1) is 37.4 Å². The van der Waals surface area contributed by atoms with Crippen LogP contribution in [0, 0.1) is 17.2 Å². The Labute approximate surface area is 156 Å². The van der Waals surface area contributed by atoms with E-state index in [-0.39, 0.29) is 25.4 Å². The third kappa shape index (κ3) is 5.70. The topological polar surface area (TPSA) is 103 Å². The smallest absolute Gasteiger partial charge is 0.334 e. The summed E-state index contributed by atoms with van der Waals surface area (Å²) in [5, 5.41) is 11.3. The number of thiophene rings is 1. The van der Waals surface area contributed by atoms with Crippen LogP contribution in [0.15, 0.2) is 29.2 Å². The molecule has 1 rings (SSSR count). The molecule has 0 aliphatic rings. The van der Waals surface area contributed by atoms with Crippen molar-refractivity contribution < 1.29 is 28.6 Å². The van der Waals surface area contributed by atoms with E-state index in [9.17, 15) is 19.6 Å². The van der Waals surface area contributed by atoms with Crippen molar-refractivity contribution in [2.24, 2.45) is 5.92 Å². The number of carbonyl (C=O) groups is 3. The van der Waals surface area contributed by atoms with Gasteiger partial charge in [-0.15, -0.1) is 11.3 Å². The number of nitriles is 1. The van der Waals surface area contributed by atoms with Crippen molar-refractivity contribution in [3.63, 3.8) is 0 Å². The van der Waals surface area contributed by atoms with E-state index >= 15 is 0 Å². The lowest BCUT2D eigenvalue weighted by atomic mass is 9.84. The maximum absolute atomic E-state index is 12.5. The molecule has 0 saturated heterocycles. The first-order chi connectivity index (χ1) is 12.5. The van der Waals surface area contributed by atoms with Crippen LogP contribution in [0.5, 0.6) is 0 Å². The van der Waals surface area contributed by atoms with E-state index in [0.717, 1.165) is 6.08 Å². The molecule has 0 bridgehead atoms. The quantitative estimate of drug-likeness (QED) is 0.369. The van der Waals surface area contributed by atoms with Gasteiger partial charge in [-0.2, -0.15) is 5.26 Å². The number of hydrogen-bond acceptors (Lipinski definition) is 8. The van der Waals surface area contributed by atoms with Crippen LogP contribution in [0.1, 0.15) is 31.6 Å². The lowest BCUT2D eigenvalue weighted by Crippen LogP contribution is -2.28. The Balaban J connectivity index is 3.46. The van der Waals surface area contributed by atoms with Gasteiger partial charge < -0.3 is 14.2 Å². The largest absolute Gasteiger partial charge is 0.465 e. The van der Waals surface area contributed by atoms with Gasteiger partial charge in [-0.25, -0.2) is 9.59 Å². The van der Waals surface area contributed by atoms with E-state index in [4.69, 9.17) is 14.2 Å². The highest BCUT2D eigenvalue weighted by molar-refractivity contribution is 7.10. The van der Waals surface area contributed by atoms with Crippen LogP contribution in [0.3, 0.4) is 0 Å². The molecule has 0 spiro atoms. The summed E-state index contributed by atoms with van der Waals surface area (Å²) in [5.74, 6) is -4.62. The molecule has 0 aliphatic heterocycles. The van der Waals surface area contributed by atoms with Crippen LogP contribution >= 0.6 is 11.3 Å². The third-order valence-corrected chi connectivity index (χ3v) is 4.22. The molecule has 140 valence electrons. The summed E-state index contributed by atoms with van der Waals surface area (Å²) in [6.45, 7) is 5.15. The van der Waals surface area contributed by atoms with Gasteiger partial charge in [0.25, 0.3) is 0 Å². The number of nitrogens with zero attached hydrogens (tertiary/aromatic N) is 1.